The van der Waals surface area contributed by atoms with E-state index in [2.05, 4.69) is 6.07 Å². The molecule has 2 rings (SSSR count). The van der Waals surface area contributed by atoms with Crippen LogP contribution in [0.25, 0.3) is 0 Å². The lowest BCUT2D eigenvalue weighted by Crippen LogP contribution is -2.07. The molecule has 0 aromatic heterocycles. The van der Waals surface area contributed by atoms with E-state index in [0.29, 0.717) is 6.42 Å². The average Bonchev–Trinajstić information content (AvgIpc) is 2.46. The van der Waals surface area contributed by atoms with Crippen molar-refractivity contribution in [2.45, 2.75) is 12.3 Å². The van der Waals surface area contributed by atoms with Gasteiger partial charge >= 0.3 is 0 Å². The zero-order valence-corrected chi connectivity index (χ0v) is 10.2. The summed E-state index contributed by atoms with van der Waals surface area (Å²) in [5.74, 6) is -0.218. The molecule has 0 fully saturated rings. The summed E-state index contributed by atoms with van der Waals surface area (Å²) in [7, 11) is 0. The minimum Gasteiger partial charge on any atom is -0.733 e. The van der Waals surface area contributed by atoms with Crippen molar-refractivity contribution in [2.75, 3.05) is 5.23 Å². The Hall–Kier alpha value is -2.35. The van der Waals surface area contributed by atoms with Crippen molar-refractivity contribution in [3.63, 3.8) is 0 Å². The molecule has 1 N–H and O–H groups in total. The largest absolute Gasteiger partial charge is 0.733 e. The van der Waals surface area contributed by atoms with Gasteiger partial charge in [-0.15, -0.1) is 0 Å². The highest BCUT2D eigenvalue weighted by Gasteiger charge is 2.10. The number of nitrogens with zero attached hydrogens (tertiary/aromatic N) is 2. The van der Waals surface area contributed by atoms with E-state index in [9.17, 15) is 10.5 Å². The number of hydrogen-bond acceptors (Lipinski definition) is 4. The van der Waals surface area contributed by atoms with Gasteiger partial charge in [0.2, 0.25) is 0 Å². The molecule has 2 aromatic rings. The SMILES string of the molecule is N#C[C@@H](Cc1ccc(N([O-])O)cc1)c1ccccc1. The molecule has 0 spiro atoms. The zero-order chi connectivity index (χ0) is 13.7. The van der Waals surface area contributed by atoms with Gasteiger partial charge in [-0.05, 0) is 29.7 Å². The standard InChI is InChI=1S/C15H13N2O2/c16-11-14(13-4-2-1-3-5-13)10-12-6-8-15(9-7-12)17(18)19/h1-9,14,18H,10H2/q-1/t14-/m1/s1. The second kappa shape index (κ2) is 6.01. The van der Waals surface area contributed by atoms with Crippen LogP contribution in [0.4, 0.5) is 5.69 Å². The summed E-state index contributed by atoms with van der Waals surface area (Å²) in [6, 6.07) is 18.4. The van der Waals surface area contributed by atoms with Crippen molar-refractivity contribution in [1.82, 2.24) is 0 Å². The third-order valence-corrected chi connectivity index (χ3v) is 2.95. The third kappa shape index (κ3) is 3.32. The molecule has 0 radical (unpaired) electrons. The van der Waals surface area contributed by atoms with Crippen molar-refractivity contribution < 1.29 is 5.21 Å². The van der Waals surface area contributed by atoms with E-state index in [-0.39, 0.29) is 16.8 Å². The van der Waals surface area contributed by atoms with Crippen LogP contribution in [0.2, 0.25) is 0 Å². The van der Waals surface area contributed by atoms with Crippen molar-refractivity contribution >= 4 is 5.69 Å². The quantitative estimate of drug-likeness (QED) is 0.849. The molecule has 96 valence electrons. The third-order valence-electron chi connectivity index (χ3n) is 2.95. The van der Waals surface area contributed by atoms with E-state index < -0.39 is 0 Å². The fourth-order valence-corrected chi connectivity index (χ4v) is 1.92. The Labute approximate surface area is 111 Å². The fraction of sp³-hybridized carbons (Fsp3) is 0.133. The summed E-state index contributed by atoms with van der Waals surface area (Å²) in [6.45, 7) is 0. The van der Waals surface area contributed by atoms with Crippen LogP contribution in [-0.4, -0.2) is 5.21 Å². The normalized spacial score (nSPS) is 11.6. The maximum atomic E-state index is 10.7. The summed E-state index contributed by atoms with van der Waals surface area (Å²) in [6.07, 6.45) is 0.574. The molecular formula is C15H13N2O2-. The minimum absolute atomic E-state index is 0.178. The van der Waals surface area contributed by atoms with Crippen molar-refractivity contribution in [3.8, 4) is 6.07 Å². The van der Waals surface area contributed by atoms with E-state index in [1.807, 2.05) is 30.3 Å². The zero-order valence-electron chi connectivity index (χ0n) is 10.2. The fourth-order valence-electron chi connectivity index (χ4n) is 1.92. The lowest BCUT2D eigenvalue weighted by molar-refractivity contribution is 0.296. The van der Waals surface area contributed by atoms with Crippen LogP contribution in [0.1, 0.15) is 17.0 Å². The first-order valence-electron chi connectivity index (χ1n) is 5.90. The number of hydrogen-bond donors (Lipinski definition) is 1. The van der Waals surface area contributed by atoms with Gasteiger partial charge in [0.15, 0.2) is 0 Å². The monoisotopic (exact) mass is 253 g/mol. The molecule has 0 saturated heterocycles. The second-order valence-corrected chi connectivity index (χ2v) is 4.24. The molecular weight excluding hydrogens is 240 g/mol. The molecule has 0 aliphatic rings. The van der Waals surface area contributed by atoms with E-state index >= 15 is 0 Å². The van der Waals surface area contributed by atoms with Gasteiger partial charge in [0.05, 0.1) is 17.7 Å². The van der Waals surface area contributed by atoms with Crippen LogP contribution >= 0.6 is 0 Å². The van der Waals surface area contributed by atoms with Gasteiger partial charge in [-0.3, -0.25) is 5.21 Å². The van der Waals surface area contributed by atoms with Crippen LogP contribution in [-0.2, 0) is 6.42 Å². The predicted octanol–water partition coefficient (Wildman–Crippen LogP) is 3.23. The van der Waals surface area contributed by atoms with Crippen LogP contribution in [0.3, 0.4) is 0 Å². The van der Waals surface area contributed by atoms with E-state index in [4.69, 9.17) is 5.21 Å². The van der Waals surface area contributed by atoms with Gasteiger partial charge in [-0.1, -0.05) is 42.5 Å². The van der Waals surface area contributed by atoms with Gasteiger partial charge in [-0.25, -0.2) is 0 Å². The molecule has 0 aliphatic carbocycles. The van der Waals surface area contributed by atoms with Gasteiger partial charge < -0.3 is 10.4 Å². The average molecular weight is 253 g/mol. The molecule has 0 amide bonds. The summed E-state index contributed by atoms with van der Waals surface area (Å²) in [4.78, 5) is 0. The molecule has 0 aliphatic heterocycles. The number of rotatable bonds is 4. The Balaban J connectivity index is 2.13. The summed E-state index contributed by atoms with van der Waals surface area (Å²) < 4.78 is 0. The highest BCUT2D eigenvalue weighted by atomic mass is 16.8. The van der Waals surface area contributed by atoms with Crippen molar-refractivity contribution in [1.29, 1.82) is 5.26 Å². The molecule has 2 aromatic carbocycles. The molecule has 0 saturated carbocycles. The molecule has 0 unspecified atom stereocenters. The Bertz CT molecular complexity index is 559. The van der Waals surface area contributed by atoms with Crippen molar-refractivity contribution in [2.24, 2.45) is 0 Å². The number of nitriles is 1. The molecule has 4 heteroatoms. The first kappa shape index (κ1) is 13.1. The van der Waals surface area contributed by atoms with E-state index in [1.165, 1.54) is 12.1 Å². The Morgan fingerprint density at radius 1 is 1.11 bits per heavy atom. The molecule has 0 heterocycles. The predicted molar refractivity (Wildman–Crippen MR) is 72.6 cm³/mol. The van der Waals surface area contributed by atoms with E-state index in [0.717, 1.165) is 11.1 Å². The molecule has 0 bridgehead atoms. The van der Waals surface area contributed by atoms with E-state index in [1.54, 1.807) is 12.1 Å². The van der Waals surface area contributed by atoms with Gasteiger partial charge in [-0.2, -0.15) is 5.26 Å². The van der Waals surface area contributed by atoms with Crippen LogP contribution < -0.4 is 5.23 Å². The highest BCUT2D eigenvalue weighted by molar-refractivity contribution is 5.46. The number of anilines is 1. The first-order valence-corrected chi connectivity index (χ1v) is 5.90. The van der Waals surface area contributed by atoms with Gasteiger partial charge in [0.25, 0.3) is 0 Å². The maximum absolute atomic E-state index is 10.7. The topological polar surface area (TPSA) is 70.3 Å². The lowest BCUT2D eigenvalue weighted by atomic mass is 9.93. The molecule has 19 heavy (non-hydrogen) atoms. The Morgan fingerprint density at radius 2 is 1.74 bits per heavy atom. The lowest BCUT2D eigenvalue weighted by Gasteiger charge is -2.21. The van der Waals surface area contributed by atoms with Gasteiger partial charge in [0, 0.05) is 0 Å². The van der Waals surface area contributed by atoms with Crippen molar-refractivity contribution in [3.05, 3.63) is 70.9 Å². The van der Waals surface area contributed by atoms with Gasteiger partial charge in [0.1, 0.15) is 0 Å². The smallest absolute Gasteiger partial charge is 0.0753 e. The Morgan fingerprint density at radius 3 is 2.26 bits per heavy atom. The number of benzene rings is 2. The summed E-state index contributed by atoms with van der Waals surface area (Å²) >= 11 is 0. The summed E-state index contributed by atoms with van der Waals surface area (Å²) in [5.41, 5.74) is 2.10. The Kier molecular flexibility index (Phi) is 4.14. The van der Waals surface area contributed by atoms with Crippen LogP contribution in [0.15, 0.2) is 54.6 Å². The van der Waals surface area contributed by atoms with Crippen LogP contribution in [0.5, 0.6) is 0 Å². The highest BCUT2D eigenvalue weighted by Crippen LogP contribution is 2.21. The summed E-state index contributed by atoms with van der Waals surface area (Å²) in [5, 5.41) is 28.5. The minimum atomic E-state index is -0.218. The molecule has 4 nitrogen and oxygen atoms in total. The van der Waals surface area contributed by atoms with Crippen LogP contribution in [0, 0.1) is 16.5 Å². The maximum Gasteiger partial charge on any atom is 0.0753 e. The molecule has 1 atom stereocenters. The second-order valence-electron chi connectivity index (χ2n) is 4.24. The first-order chi connectivity index (χ1) is 9.20.